The van der Waals surface area contributed by atoms with E-state index >= 15 is 0 Å². The van der Waals surface area contributed by atoms with Crippen molar-refractivity contribution >= 4 is 29.9 Å². The van der Waals surface area contributed by atoms with E-state index in [1.165, 1.54) is 24.1 Å². The van der Waals surface area contributed by atoms with E-state index in [9.17, 15) is 0 Å². The summed E-state index contributed by atoms with van der Waals surface area (Å²) in [4.78, 5) is 6.93. The van der Waals surface area contributed by atoms with E-state index in [1.807, 2.05) is 19.2 Å². The molecule has 1 saturated heterocycles. The van der Waals surface area contributed by atoms with Gasteiger partial charge in [0.15, 0.2) is 5.96 Å². The van der Waals surface area contributed by atoms with E-state index in [0.717, 1.165) is 44.3 Å². The van der Waals surface area contributed by atoms with Crippen molar-refractivity contribution in [2.45, 2.75) is 19.4 Å². The summed E-state index contributed by atoms with van der Waals surface area (Å²) in [5, 5.41) is 6.88. The van der Waals surface area contributed by atoms with E-state index in [2.05, 4.69) is 63.0 Å². The fourth-order valence-corrected chi connectivity index (χ4v) is 3.61. The van der Waals surface area contributed by atoms with Gasteiger partial charge in [0.25, 0.3) is 0 Å². The fraction of sp³-hybridized carbons (Fsp3) is 0.435. The third kappa shape index (κ3) is 7.85. The Morgan fingerprint density at radius 3 is 2.52 bits per heavy atom. The number of hydrogen-bond acceptors (Lipinski definition) is 3. The molecule has 29 heavy (non-hydrogen) atoms. The Labute approximate surface area is 192 Å². The summed E-state index contributed by atoms with van der Waals surface area (Å²) in [6.45, 7) is 5.21. The number of nitrogens with zero attached hydrogens (tertiary/aromatic N) is 2. The molecule has 2 aromatic carbocycles. The average molecular weight is 508 g/mol. The van der Waals surface area contributed by atoms with Crippen molar-refractivity contribution in [1.29, 1.82) is 0 Å². The minimum atomic E-state index is 0. The molecule has 1 fully saturated rings. The van der Waals surface area contributed by atoms with Crippen LogP contribution in [0.3, 0.4) is 0 Å². The maximum Gasteiger partial charge on any atom is 0.191 e. The number of hydrogen-bond donors (Lipinski definition) is 2. The topological polar surface area (TPSA) is 48.9 Å². The second-order valence-electron chi connectivity index (χ2n) is 7.35. The Kier molecular flexibility index (Phi) is 10.3. The molecule has 158 valence electrons. The SMILES string of the molecule is CN=C(NCc1ccc(OC)cc1)NCC1CCN(CCc2ccccc2)C1.I. The van der Waals surface area contributed by atoms with E-state index in [4.69, 9.17) is 4.74 Å². The number of ether oxygens (including phenoxy) is 1. The number of rotatable bonds is 8. The van der Waals surface area contributed by atoms with E-state index in [0.29, 0.717) is 5.92 Å². The van der Waals surface area contributed by atoms with Gasteiger partial charge in [0.2, 0.25) is 0 Å². The molecule has 0 saturated carbocycles. The molecule has 1 heterocycles. The first-order valence-electron chi connectivity index (χ1n) is 10.1. The van der Waals surface area contributed by atoms with Crippen LogP contribution >= 0.6 is 24.0 Å². The van der Waals surface area contributed by atoms with Gasteiger partial charge in [-0.2, -0.15) is 0 Å². The van der Waals surface area contributed by atoms with Crippen molar-refractivity contribution < 1.29 is 4.74 Å². The molecule has 0 radical (unpaired) electrons. The van der Waals surface area contributed by atoms with Crippen molar-refractivity contribution in [3.63, 3.8) is 0 Å². The number of methoxy groups -OCH3 is 1. The lowest BCUT2D eigenvalue weighted by atomic mass is 10.1. The molecular weight excluding hydrogens is 475 g/mol. The smallest absolute Gasteiger partial charge is 0.191 e. The number of likely N-dealkylation sites (tertiary alicyclic amines) is 1. The standard InChI is InChI=1S/C23H32N4O.HI/c1-24-23(25-16-20-8-10-22(28-2)11-9-20)26-17-21-13-15-27(18-21)14-12-19-6-4-3-5-7-19;/h3-11,21H,12-18H2,1-2H3,(H2,24,25,26);1H. The average Bonchev–Trinajstić information content (AvgIpc) is 3.21. The summed E-state index contributed by atoms with van der Waals surface area (Å²) in [5.41, 5.74) is 2.63. The second-order valence-corrected chi connectivity index (χ2v) is 7.35. The van der Waals surface area contributed by atoms with Crippen molar-refractivity contribution in [3.05, 3.63) is 65.7 Å². The van der Waals surface area contributed by atoms with Gasteiger partial charge >= 0.3 is 0 Å². The normalized spacial score (nSPS) is 16.9. The number of aliphatic imine (C=N–C) groups is 1. The summed E-state index contributed by atoms with van der Waals surface area (Å²) in [6, 6.07) is 18.9. The number of nitrogens with one attached hydrogen (secondary N) is 2. The maximum atomic E-state index is 5.20. The van der Waals surface area contributed by atoms with Crippen LogP contribution in [0, 0.1) is 5.92 Å². The molecule has 2 N–H and O–H groups in total. The Bertz CT molecular complexity index is 736. The van der Waals surface area contributed by atoms with Crippen molar-refractivity contribution in [2.75, 3.05) is 40.3 Å². The molecule has 1 unspecified atom stereocenters. The highest BCUT2D eigenvalue weighted by atomic mass is 127. The highest BCUT2D eigenvalue weighted by molar-refractivity contribution is 14.0. The highest BCUT2D eigenvalue weighted by Gasteiger charge is 2.22. The first kappa shape index (κ1) is 23.5. The van der Waals surface area contributed by atoms with Crippen LogP contribution in [-0.4, -0.2) is 51.2 Å². The molecule has 5 nitrogen and oxygen atoms in total. The third-order valence-electron chi connectivity index (χ3n) is 5.33. The Hall–Kier alpha value is -1.80. The lowest BCUT2D eigenvalue weighted by molar-refractivity contribution is 0.328. The predicted molar refractivity (Wildman–Crippen MR) is 131 cm³/mol. The monoisotopic (exact) mass is 508 g/mol. The van der Waals surface area contributed by atoms with Gasteiger partial charge < -0.3 is 20.3 Å². The quantitative estimate of drug-likeness (QED) is 0.326. The number of benzene rings is 2. The van der Waals surface area contributed by atoms with Crippen LogP contribution < -0.4 is 15.4 Å². The van der Waals surface area contributed by atoms with Gasteiger partial charge in [-0.05, 0) is 48.6 Å². The highest BCUT2D eigenvalue weighted by Crippen LogP contribution is 2.16. The molecule has 3 rings (SSSR count). The molecule has 6 heteroatoms. The summed E-state index contributed by atoms with van der Waals surface area (Å²) in [6.07, 6.45) is 2.38. The fourth-order valence-electron chi connectivity index (χ4n) is 3.61. The van der Waals surface area contributed by atoms with E-state index in [1.54, 1.807) is 7.11 Å². The Morgan fingerprint density at radius 2 is 1.83 bits per heavy atom. The summed E-state index contributed by atoms with van der Waals surface area (Å²) >= 11 is 0. The summed E-state index contributed by atoms with van der Waals surface area (Å²) < 4.78 is 5.20. The van der Waals surface area contributed by atoms with E-state index < -0.39 is 0 Å². The van der Waals surface area contributed by atoms with Gasteiger partial charge in [-0.25, -0.2) is 0 Å². The molecule has 0 bridgehead atoms. The molecular formula is C23H33IN4O. The minimum absolute atomic E-state index is 0. The molecule has 0 aliphatic carbocycles. The number of guanidine groups is 1. The zero-order valence-electron chi connectivity index (χ0n) is 17.4. The van der Waals surface area contributed by atoms with Crippen LogP contribution in [0.1, 0.15) is 17.5 Å². The van der Waals surface area contributed by atoms with E-state index in [-0.39, 0.29) is 24.0 Å². The van der Waals surface area contributed by atoms with Gasteiger partial charge in [0, 0.05) is 33.2 Å². The molecule has 0 amide bonds. The largest absolute Gasteiger partial charge is 0.497 e. The van der Waals surface area contributed by atoms with Crippen LogP contribution in [0.5, 0.6) is 5.75 Å². The number of halogens is 1. The van der Waals surface area contributed by atoms with Crippen molar-refractivity contribution in [3.8, 4) is 5.75 Å². The summed E-state index contributed by atoms with van der Waals surface area (Å²) in [5.74, 6) is 2.41. The zero-order chi connectivity index (χ0) is 19.6. The van der Waals surface area contributed by atoms with Crippen LogP contribution in [0.25, 0.3) is 0 Å². The third-order valence-corrected chi connectivity index (χ3v) is 5.33. The lowest BCUT2D eigenvalue weighted by Gasteiger charge is -2.17. The van der Waals surface area contributed by atoms with Crippen LogP contribution in [0.15, 0.2) is 59.6 Å². The Morgan fingerprint density at radius 1 is 1.07 bits per heavy atom. The van der Waals surface area contributed by atoms with Gasteiger partial charge in [-0.15, -0.1) is 24.0 Å². The zero-order valence-corrected chi connectivity index (χ0v) is 19.8. The molecule has 1 aliphatic rings. The molecule has 0 aromatic heterocycles. The van der Waals surface area contributed by atoms with Crippen molar-refractivity contribution in [2.24, 2.45) is 10.9 Å². The van der Waals surface area contributed by atoms with Gasteiger partial charge in [-0.1, -0.05) is 42.5 Å². The van der Waals surface area contributed by atoms with Gasteiger partial charge in [-0.3, -0.25) is 4.99 Å². The van der Waals surface area contributed by atoms with Crippen molar-refractivity contribution in [1.82, 2.24) is 15.5 Å². The minimum Gasteiger partial charge on any atom is -0.497 e. The summed E-state index contributed by atoms with van der Waals surface area (Å²) in [7, 11) is 3.51. The molecule has 1 aliphatic heterocycles. The first-order valence-corrected chi connectivity index (χ1v) is 10.1. The predicted octanol–water partition coefficient (Wildman–Crippen LogP) is 3.54. The van der Waals surface area contributed by atoms with Gasteiger partial charge in [0.05, 0.1) is 7.11 Å². The van der Waals surface area contributed by atoms with Gasteiger partial charge in [0.1, 0.15) is 5.75 Å². The maximum absolute atomic E-state index is 5.20. The van der Waals surface area contributed by atoms with Crippen LogP contribution in [0.2, 0.25) is 0 Å². The molecule has 0 spiro atoms. The second kappa shape index (κ2) is 12.7. The lowest BCUT2D eigenvalue weighted by Crippen LogP contribution is -2.40. The molecule has 1 atom stereocenters. The van der Waals surface area contributed by atoms with Crippen LogP contribution in [-0.2, 0) is 13.0 Å². The molecule has 2 aromatic rings. The Balaban J connectivity index is 0.00000300. The van der Waals surface area contributed by atoms with Crippen LogP contribution in [0.4, 0.5) is 0 Å². The first-order chi connectivity index (χ1) is 13.8.